The van der Waals surface area contributed by atoms with Gasteiger partial charge >= 0.3 is 5.97 Å². The highest BCUT2D eigenvalue weighted by Crippen LogP contribution is 2.15. The van der Waals surface area contributed by atoms with Crippen molar-refractivity contribution < 1.29 is 9.53 Å². The molecule has 64 valence electrons. The second-order valence-electron chi connectivity index (χ2n) is 2.67. The molecule has 3 heteroatoms. The molecule has 11 heavy (non-hydrogen) atoms. The molecule has 0 aliphatic carbocycles. The third-order valence-corrected chi connectivity index (χ3v) is 2.04. The second kappa shape index (κ2) is 4.65. The average Bonchev–Trinajstić information content (AvgIpc) is 2.82. The van der Waals surface area contributed by atoms with Gasteiger partial charge < -0.3 is 4.74 Å². The Morgan fingerprint density at radius 1 is 1.64 bits per heavy atom. The second-order valence-corrected chi connectivity index (χ2v) is 3.90. The van der Waals surface area contributed by atoms with E-state index in [0.717, 1.165) is 12.8 Å². The number of cyclic esters (lactones) is 1. The number of hydrogen-bond donors (Lipinski definition) is 0. The molecule has 0 saturated carbocycles. The number of carbonyl (C=O) groups excluding carboxylic acids is 1. The van der Waals surface area contributed by atoms with Crippen molar-refractivity contribution in [1.29, 1.82) is 0 Å². The van der Waals surface area contributed by atoms with Gasteiger partial charge in [0.2, 0.25) is 0 Å². The van der Waals surface area contributed by atoms with Crippen molar-refractivity contribution in [2.24, 2.45) is 0 Å². The summed E-state index contributed by atoms with van der Waals surface area (Å²) in [5.74, 6) is 2.80. The van der Waals surface area contributed by atoms with E-state index in [9.17, 15) is 4.79 Å². The van der Waals surface area contributed by atoms with Gasteiger partial charge in [0.25, 0.3) is 0 Å². The van der Waals surface area contributed by atoms with E-state index in [1.165, 1.54) is 11.5 Å². The van der Waals surface area contributed by atoms with Crippen molar-refractivity contribution in [3.63, 3.8) is 0 Å². The van der Waals surface area contributed by atoms with Crippen molar-refractivity contribution in [2.75, 3.05) is 11.5 Å². The summed E-state index contributed by atoms with van der Waals surface area (Å²) < 4.78 is 4.87. The zero-order valence-corrected chi connectivity index (χ0v) is 7.65. The quantitative estimate of drug-likeness (QED) is 0.448. The molecule has 0 aromatic heterocycles. The number of thioether (sulfide) groups is 1. The molecule has 2 aliphatic rings. The molecule has 0 amide bonds. The van der Waals surface area contributed by atoms with Crippen molar-refractivity contribution in [3.8, 4) is 0 Å². The van der Waals surface area contributed by atoms with Gasteiger partial charge in [-0.3, -0.25) is 4.79 Å². The smallest absolute Gasteiger partial charge is 0.306 e. The molecule has 0 spiro atoms. The molecule has 0 N–H and O–H groups in total. The molecular weight excluding hydrogens is 160 g/mol. The summed E-state index contributed by atoms with van der Waals surface area (Å²) in [4.78, 5) is 10.4. The zero-order valence-electron chi connectivity index (χ0n) is 6.84. The van der Waals surface area contributed by atoms with Crippen molar-refractivity contribution in [1.82, 2.24) is 0 Å². The lowest BCUT2D eigenvalue weighted by Crippen LogP contribution is -2.03. The topological polar surface area (TPSA) is 26.3 Å². The molecular formula is C8H14O2S. The number of rotatable bonds is 1. The lowest BCUT2D eigenvalue weighted by molar-refractivity contribution is -0.141. The van der Waals surface area contributed by atoms with Crippen molar-refractivity contribution in [3.05, 3.63) is 0 Å². The largest absolute Gasteiger partial charge is 0.462 e. The van der Waals surface area contributed by atoms with Crippen LogP contribution in [0.15, 0.2) is 0 Å². The van der Waals surface area contributed by atoms with Gasteiger partial charge in [0.15, 0.2) is 0 Å². The first kappa shape index (κ1) is 8.91. The first-order chi connectivity index (χ1) is 5.33. The van der Waals surface area contributed by atoms with Gasteiger partial charge in [-0.2, -0.15) is 11.8 Å². The summed E-state index contributed by atoms with van der Waals surface area (Å²) in [5.41, 5.74) is 0. The van der Waals surface area contributed by atoms with E-state index in [-0.39, 0.29) is 12.1 Å². The van der Waals surface area contributed by atoms with E-state index in [1.807, 2.05) is 18.7 Å². The fourth-order valence-electron chi connectivity index (χ4n) is 0.870. The molecule has 2 aliphatic heterocycles. The Labute approximate surface area is 71.7 Å². The Bertz CT molecular complexity index is 131. The minimum absolute atomic E-state index is 0.0307. The van der Waals surface area contributed by atoms with Gasteiger partial charge in [-0.1, -0.05) is 6.92 Å². The fourth-order valence-corrected chi connectivity index (χ4v) is 0.870. The summed E-state index contributed by atoms with van der Waals surface area (Å²) in [5, 5.41) is 0. The third-order valence-electron chi connectivity index (χ3n) is 1.63. The van der Waals surface area contributed by atoms with Gasteiger partial charge in [0.1, 0.15) is 6.10 Å². The highest BCUT2D eigenvalue weighted by molar-refractivity contribution is 8.06. The molecule has 1 atom stereocenters. The molecule has 2 rings (SSSR count). The van der Waals surface area contributed by atoms with Crippen LogP contribution in [-0.2, 0) is 9.53 Å². The maximum atomic E-state index is 10.4. The summed E-state index contributed by atoms with van der Waals surface area (Å²) >= 11 is 2.00. The lowest BCUT2D eigenvalue weighted by atomic mass is 10.2. The summed E-state index contributed by atoms with van der Waals surface area (Å²) in [7, 11) is 0. The first-order valence-electron chi connectivity index (χ1n) is 4.10. The van der Waals surface area contributed by atoms with Crippen LogP contribution in [0.1, 0.15) is 26.2 Å². The predicted octanol–water partition coefficient (Wildman–Crippen LogP) is 1.84. The highest BCUT2D eigenvalue weighted by atomic mass is 32.2. The van der Waals surface area contributed by atoms with Crippen LogP contribution < -0.4 is 0 Å². The van der Waals surface area contributed by atoms with Crippen molar-refractivity contribution in [2.45, 2.75) is 32.3 Å². The summed E-state index contributed by atoms with van der Waals surface area (Å²) in [6.07, 6.45) is 2.74. The van der Waals surface area contributed by atoms with E-state index in [2.05, 4.69) is 0 Å². The Hall–Kier alpha value is -0.180. The number of carbonyl (C=O) groups is 1. The monoisotopic (exact) mass is 174 g/mol. The van der Waals surface area contributed by atoms with Crippen LogP contribution in [0.2, 0.25) is 0 Å². The van der Waals surface area contributed by atoms with Gasteiger partial charge in [0.05, 0.1) is 0 Å². The predicted molar refractivity (Wildman–Crippen MR) is 46.7 cm³/mol. The molecule has 2 fully saturated rings. The van der Waals surface area contributed by atoms with E-state index >= 15 is 0 Å². The van der Waals surface area contributed by atoms with Gasteiger partial charge in [0, 0.05) is 17.9 Å². The SMILES string of the molecule is C1CS1.CCC1CCC(=O)O1. The van der Waals surface area contributed by atoms with Crippen LogP contribution in [0.4, 0.5) is 0 Å². The Balaban J connectivity index is 0.000000167. The fraction of sp³-hybridized carbons (Fsp3) is 0.875. The summed E-state index contributed by atoms with van der Waals surface area (Å²) in [6, 6.07) is 0. The normalized spacial score (nSPS) is 27.0. The molecule has 0 radical (unpaired) electrons. The number of ether oxygens (including phenoxy) is 1. The van der Waals surface area contributed by atoms with E-state index < -0.39 is 0 Å². The number of esters is 1. The molecule has 1 unspecified atom stereocenters. The maximum absolute atomic E-state index is 10.4. The van der Waals surface area contributed by atoms with Crippen LogP contribution in [0.3, 0.4) is 0 Å². The maximum Gasteiger partial charge on any atom is 0.306 e. The average molecular weight is 174 g/mol. The Morgan fingerprint density at radius 3 is 2.45 bits per heavy atom. The standard InChI is InChI=1S/C6H10O2.C2H4S/c1-2-5-3-4-6(7)8-5;1-2-3-1/h5H,2-4H2,1H3;1-2H2. The van der Waals surface area contributed by atoms with Crippen LogP contribution >= 0.6 is 11.8 Å². The molecule has 0 bridgehead atoms. The molecule has 2 heterocycles. The first-order valence-corrected chi connectivity index (χ1v) is 5.25. The van der Waals surface area contributed by atoms with E-state index in [0.29, 0.717) is 6.42 Å². The van der Waals surface area contributed by atoms with Crippen LogP contribution in [0.25, 0.3) is 0 Å². The minimum atomic E-state index is -0.0307. The van der Waals surface area contributed by atoms with Gasteiger partial charge in [-0.15, -0.1) is 0 Å². The third kappa shape index (κ3) is 4.30. The van der Waals surface area contributed by atoms with Crippen LogP contribution in [0.5, 0.6) is 0 Å². The van der Waals surface area contributed by atoms with Crippen LogP contribution in [0, 0.1) is 0 Å². The lowest BCUT2D eigenvalue weighted by Gasteiger charge is -2.01. The Kier molecular flexibility index (Phi) is 3.77. The number of hydrogen-bond acceptors (Lipinski definition) is 3. The van der Waals surface area contributed by atoms with Crippen LogP contribution in [-0.4, -0.2) is 23.6 Å². The molecule has 2 nitrogen and oxygen atoms in total. The summed E-state index contributed by atoms with van der Waals surface area (Å²) in [6.45, 7) is 2.03. The minimum Gasteiger partial charge on any atom is -0.462 e. The molecule has 2 saturated heterocycles. The Morgan fingerprint density at radius 2 is 2.27 bits per heavy atom. The van der Waals surface area contributed by atoms with E-state index in [4.69, 9.17) is 4.74 Å². The van der Waals surface area contributed by atoms with Crippen molar-refractivity contribution >= 4 is 17.7 Å². The van der Waals surface area contributed by atoms with Gasteiger partial charge in [-0.05, 0) is 12.8 Å². The van der Waals surface area contributed by atoms with Gasteiger partial charge in [-0.25, -0.2) is 0 Å². The van der Waals surface area contributed by atoms with E-state index in [1.54, 1.807) is 0 Å². The molecule has 0 aromatic rings. The zero-order chi connectivity index (χ0) is 8.10. The molecule has 0 aromatic carbocycles. The highest BCUT2D eigenvalue weighted by Gasteiger charge is 2.20.